The highest BCUT2D eigenvalue weighted by molar-refractivity contribution is 6.36. The van der Waals surface area contributed by atoms with Gasteiger partial charge in [-0.05, 0) is 48.5 Å². The molecule has 5 nitrogen and oxygen atoms in total. The molecule has 1 heterocycles. The first-order valence-corrected chi connectivity index (χ1v) is 10.3. The van der Waals surface area contributed by atoms with Crippen molar-refractivity contribution in [2.24, 2.45) is 4.99 Å². The van der Waals surface area contributed by atoms with Gasteiger partial charge in [-0.15, -0.1) is 0 Å². The van der Waals surface area contributed by atoms with E-state index in [-0.39, 0.29) is 5.91 Å². The molecule has 0 saturated heterocycles. The molecule has 0 aliphatic rings. The molecule has 0 aliphatic heterocycles. The number of hydrogen-bond donors (Lipinski definition) is 2. The molecule has 4 rings (SSSR count). The number of halogens is 3. The number of fused-ring (bicyclic) bond motifs is 1. The van der Waals surface area contributed by atoms with E-state index in [2.05, 4.69) is 20.8 Å². The Kier molecular flexibility index (Phi) is 6.37. The molecule has 31 heavy (non-hydrogen) atoms. The topological polar surface area (TPSA) is 66.4 Å². The number of aromatic nitrogens is 1. The van der Waals surface area contributed by atoms with Gasteiger partial charge in [-0.2, -0.15) is 0 Å². The highest BCUT2D eigenvalue weighted by atomic mass is 35.5. The standard InChI is InChI=1S/C23H15Cl3N4O/c24-15-6-5-14(19(26)11-15)13-28-20-4-2-1-3-18(20)23(31)30-29-21-9-10-27-22-12-16(25)7-8-17(21)22/h1-13H,(H,27,29)(H,30,31). The third-order valence-corrected chi connectivity index (χ3v) is 5.27. The summed E-state index contributed by atoms with van der Waals surface area (Å²) in [7, 11) is 0. The van der Waals surface area contributed by atoms with Crippen molar-refractivity contribution in [2.45, 2.75) is 0 Å². The van der Waals surface area contributed by atoms with Crippen LogP contribution < -0.4 is 10.9 Å². The van der Waals surface area contributed by atoms with Crippen molar-refractivity contribution in [3.05, 3.63) is 99.1 Å². The number of aliphatic imine (C=N–C) groups is 1. The zero-order valence-corrected chi connectivity index (χ0v) is 18.2. The molecular formula is C23H15Cl3N4O. The van der Waals surface area contributed by atoms with Crippen LogP contribution in [0, 0.1) is 0 Å². The van der Waals surface area contributed by atoms with Gasteiger partial charge in [-0.25, -0.2) is 0 Å². The summed E-state index contributed by atoms with van der Waals surface area (Å²) >= 11 is 18.2. The second-order valence-corrected chi connectivity index (χ2v) is 7.82. The lowest BCUT2D eigenvalue weighted by Crippen LogP contribution is -2.29. The van der Waals surface area contributed by atoms with Crippen LogP contribution in [-0.2, 0) is 0 Å². The predicted molar refractivity (Wildman–Crippen MR) is 128 cm³/mol. The fourth-order valence-electron chi connectivity index (χ4n) is 2.95. The van der Waals surface area contributed by atoms with Crippen molar-refractivity contribution in [3.63, 3.8) is 0 Å². The fourth-order valence-corrected chi connectivity index (χ4v) is 3.57. The van der Waals surface area contributed by atoms with Crippen LogP contribution >= 0.6 is 34.8 Å². The molecule has 8 heteroatoms. The summed E-state index contributed by atoms with van der Waals surface area (Å²) in [6, 6.07) is 19.3. The van der Waals surface area contributed by atoms with E-state index in [1.165, 1.54) is 0 Å². The number of carbonyl (C=O) groups is 1. The Morgan fingerprint density at radius 1 is 0.935 bits per heavy atom. The van der Waals surface area contributed by atoms with Gasteiger partial charge in [0.2, 0.25) is 0 Å². The minimum atomic E-state index is -0.339. The number of pyridine rings is 1. The van der Waals surface area contributed by atoms with Crippen molar-refractivity contribution in [1.82, 2.24) is 10.4 Å². The summed E-state index contributed by atoms with van der Waals surface area (Å²) in [4.78, 5) is 21.6. The first kappa shape index (κ1) is 21.1. The number of carbonyl (C=O) groups excluding carboxylic acids is 1. The zero-order chi connectivity index (χ0) is 21.8. The Balaban J connectivity index is 1.54. The number of hydrazine groups is 1. The summed E-state index contributed by atoms with van der Waals surface area (Å²) in [5, 5.41) is 2.44. The van der Waals surface area contributed by atoms with E-state index < -0.39 is 0 Å². The maximum atomic E-state index is 12.8. The van der Waals surface area contributed by atoms with Gasteiger partial charge in [0, 0.05) is 33.4 Å². The molecule has 0 radical (unpaired) electrons. The smallest absolute Gasteiger partial charge is 0.271 e. The SMILES string of the molecule is O=C(NNc1ccnc2cc(Cl)ccc12)c1ccccc1N=Cc1ccc(Cl)cc1Cl. The number of benzene rings is 3. The highest BCUT2D eigenvalue weighted by Gasteiger charge is 2.11. The summed E-state index contributed by atoms with van der Waals surface area (Å²) in [5.41, 5.74) is 8.68. The maximum absolute atomic E-state index is 12.8. The van der Waals surface area contributed by atoms with Gasteiger partial charge in [-0.3, -0.25) is 25.6 Å². The molecular weight excluding hydrogens is 455 g/mol. The van der Waals surface area contributed by atoms with Gasteiger partial charge < -0.3 is 0 Å². The normalized spacial score (nSPS) is 11.1. The Labute approximate surface area is 193 Å². The zero-order valence-electron chi connectivity index (χ0n) is 15.9. The molecule has 2 N–H and O–H groups in total. The van der Waals surface area contributed by atoms with E-state index >= 15 is 0 Å². The lowest BCUT2D eigenvalue weighted by Gasteiger charge is -2.12. The summed E-state index contributed by atoms with van der Waals surface area (Å²) in [6.07, 6.45) is 3.24. The van der Waals surface area contributed by atoms with E-state index in [0.29, 0.717) is 37.6 Å². The number of hydrogen-bond acceptors (Lipinski definition) is 4. The number of nitrogens with zero attached hydrogens (tertiary/aromatic N) is 2. The van der Waals surface area contributed by atoms with Crippen LogP contribution in [-0.4, -0.2) is 17.1 Å². The van der Waals surface area contributed by atoms with Crippen LogP contribution in [0.2, 0.25) is 15.1 Å². The van der Waals surface area contributed by atoms with Gasteiger partial charge in [0.1, 0.15) is 0 Å². The maximum Gasteiger partial charge on any atom is 0.271 e. The molecule has 0 bridgehead atoms. The van der Waals surface area contributed by atoms with E-state index in [1.54, 1.807) is 73.1 Å². The van der Waals surface area contributed by atoms with Crippen LogP contribution in [0.3, 0.4) is 0 Å². The molecule has 0 fully saturated rings. The number of amides is 1. The molecule has 154 valence electrons. The molecule has 0 saturated carbocycles. The van der Waals surface area contributed by atoms with E-state index in [9.17, 15) is 4.79 Å². The fraction of sp³-hybridized carbons (Fsp3) is 0. The van der Waals surface area contributed by atoms with E-state index in [4.69, 9.17) is 34.8 Å². The molecule has 1 amide bonds. The largest absolute Gasteiger partial charge is 0.298 e. The van der Waals surface area contributed by atoms with Gasteiger partial charge >= 0.3 is 0 Å². The van der Waals surface area contributed by atoms with E-state index in [1.807, 2.05) is 6.07 Å². The minimum Gasteiger partial charge on any atom is -0.298 e. The summed E-state index contributed by atoms with van der Waals surface area (Å²) in [6.45, 7) is 0. The van der Waals surface area contributed by atoms with Crippen molar-refractivity contribution >= 4 is 69.2 Å². The molecule has 0 aliphatic carbocycles. The summed E-state index contributed by atoms with van der Waals surface area (Å²) in [5.74, 6) is -0.339. The average Bonchev–Trinajstić information content (AvgIpc) is 2.77. The first-order chi connectivity index (χ1) is 15.0. The lowest BCUT2D eigenvalue weighted by atomic mass is 10.1. The van der Waals surface area contributed by atoms with Crippen LogP contribution in [0.5, 0.6) is 0 Å². The average molecular weight is 470 g/mol. The lowest BCUT2D eigenvalue weighted by molar-refractivity contribution is 0.0963. The van der Waals surface area contributed by atoms with Crippen molar-refractivity contribution < 1.29 is 4.79 Å². The van der Waals surface area contributed by atoms with Gasteiger partial charge in [0.15, 0.2) is 0 Å². The Bertz CT molecular complexity index is 1310. The highest BCUT2D eigenvalue weighted by Crippen LogP contribution is 2.25. The minimum absolute atomic E-state index is 0.339. The van der Waals surface area contributed by atoms with Gasteiger partial charge in [0.05, 0.1) is 27.5 Å². The van der Waals surface area contributed by atoms with Crippen LogP contribution in [0.15, 0.2) is 77.9 Å². The second-order valence-electron chi connectivity index (χ2n) is 6.54. The predicted octanol–water partition coefficient (Wildman–Crippen LogP) is 6.70. The monoisotopic (exact) mass is 468 g/mol. The first-order valence-electron chi connectivity index (χ1n) is 9.20. The number of nitrogens with one attached hydrogen (secondary N) is 2. The molecule has 0 spiro atoms. The Morgan fingerprint density at radius 3 is 2.55 bits per heavy atom. The van der Waals surface area contributed by atoms with Crippen molar-refractivity contribution in [1.29, 1.82) is 0 Å². The molecule has 4 aromatic rings. The quantitative estimate of drug-likeness (QED) is 0.252. The van der Waals surface area contributed by atoms with Gasteiger partial charge in [-0.1, -0.05) is 53.0 Å². The molecule has 0 atom stereocenters. The van der Waals surface area contributed by atoms with E-state index in [0.717, 1.165) is 10.9 Å². The molecule has 0 unspecified atom stereocenters. The number of anilines is 1. The Morgan fingerprint density at radius 2 is 1.71 bits per heavy atom. The molecule has 3 aromatic carbocycles. The van der Waals surface area contributed by atoms with Crippen LogP contribution in [0.1, 0.15) is 15.9 Å². The van der Waals surface area contributed by atoms with Crippen LogP contribution in [0.4, 0.5) is 11.4 Å². The Hall–Kier alpha value is -3.12. The molecule has 1 aromatic heterocycles. The number of para-hydroxylation sites is 1. The summed E-state index contributed by atoms with van der Waals surface area (Å²) < 4.78 is 0. The number of rotatable bonds is 5. The van der Waals surface area contributed by atoms with Crippen molar-refractivity contribution in [3.8, 4) is 0 Å². The van der Waals surface area contributed by atoms with Crippen LogP contribution in [0.25, 0.3) is 10.9 Å². The third kappa shape index (κ3) is 4.97. The third-order valence-electron chi connectivity index (χ3n) is 4.47. The second kappa shape index (κ2) is 9.35. The van der Waals surface area contributed by atoms with Gasteiger partial charge in [0.25, 0.3) is 5.91 Å². The van der Waals surface area contributed by atoms with Crippen molar-refractivity contribution in [2.75, 3.05) is 5.43 Å².